The number of urea groups is 1. The molecule has 5 heteroatoms. The van der Waals surface area contributed by atoms with Crippen molar-refractivity contribution in [3.8, 4) is 0 Å². The van der Waals surface area contributed by atoms with Crippen molar-refractivity contribution in [2.24, 2.45) is 5.92 Å². The summed E-state index contributed by atoms with van der Waals surface area (Å²) in [5.41, 5.74) is 1.23. The van der Waals surface area contributed by atoms with E-state index in [0.717, 1.165) is 18.8 Å². The van der Waals surface area contributed by atoms with E-state index in [4.69, 9.17) is 11.6 Å². The number of halogens is 1. The highest BCUT2D eigenvalue weighted by molar-refractivity contribution is 6.34. The van der Waals surface area contributed by atoms with E-state index < -0.39 is 0 Å². The lowest BCUT2D eigenvalue weighted by molar-refractivity contribution is 0.101. The molecule has 1 saturated heterocycles. The summed E-state index contributed by atoms with van der Waals surface area (Å²) in [6.45, 7) is 7.80. The average molecular weight is 311 g/mol. The monoisotopic (exact) mass is 310 g/mol. The summed E-state index contributed by atoms with van der Waals surface area (Å²) in [5, 5.41) is 0.394. The third-order valence-electron chi connectivity index (χ3n) is 3.32. The highest BCUT2D eigenvalue weighted by Gasteiger charge is 2.30. The normalized spacial score (nSPS) is 14.6. The van der Waals surface area contributed by atoms with Crippen molar-refractivity contribution in [2.45, 2.75) is 28.2 Å². The zero-order valence-corrected chi connectivity index (χ0v) is 12.8. The van der Waals surface area contributed by atoms with Crippen LogP contribution in [0.2, 0.25) is 5.02 Å². The number of rotatable bonds is 4. The van der Waals surface area contributed by atoms with E-state index in [1.165, 1.54) is 6.92 Å². The van der Waals surface area contributed by atoms with Gasteiger partial charge in [-0.1, -0.05) is 32.9 Å². The number of amides is 2. The molecule has 0 spiro atoms. The van der Waals surface area contributed by atoms with Crippen LogP contribution in [0.25, 0.3) is 0 Å². The number of nitrogens with zero attached hydrogens (tertiary/aromatic N) is 2. The number of carbonyl (C=O) groups excluding carboxylic acids is 2. The second-order valence-electron chi connectivity index (χ2n) is 5.49. The highest BCUT2D eigenvalue weighted by atomic mass is 35.5. The van der Waals surface area contributed by atoms with Gasteiger partial charge < -0.3 is 4.90 Å². The van der Waals surface area contributed by atoms with E-state index in [1.807, 2.05) is 4.90 Å². The van der Waals surface area contributed by atoms with Crippen LogP contribution in [-0.4, -0.2) is 36.3 Å². The molecule has 0 atom stereocenters. The fraction of sp³-hybridized carbons (Fsp3) is 0.500. The average Bonchev–Trinajstić information content (AvgIpc) is 2.69. The minimum absolute atomic E-state index is 0. The third-order valence-corrected chi connectivity index (χ3v) is 3.64. The molecule has 2 amide bonds. The van der Waals surface area contributed by atoms with Gasteiger partial charge in [-0.3, -0.25) is 9.69 Å². The molecule has 0 N–H and O–H groups in total. The Hall–Kier alpha value is -1.55. The van der Waals surface area contributed by atoms with Crippen LogP contribution >= 0.6 is 11.6 Å². The van der Waals surface area contributed by atoms with Crippen molar-refractivity contribution in [1.29, 1.82) is 0 Å². The van der Waals surface area contributed by atoms with Crippen LogP contribution in [-0.2, 0) is 0 Å². The lowest BCUT2D eigenvalue weighted by Gasteiger charge is -2.20. The van der Waals surface area contributed by atoms with Gasteiger partial charge in [0.15, 0.2) is 5.78 Å². The summed E-state index contributed by atoms with van der Waals surface area (Å²) >= 11 is 6.10. The molecule has 1 aromatic rings. The summed E-state index contributed by atoms with van der Waals surface area (Å²) in [6.07, 6.45) is 0. The van der Waals surface area contributed by atoms with Crippen LogP contribution in [0.3, 0.4) is 0 Å². The van der Waals surface area contributed by atoms with Crippen LogP contribution in [0.15, 0.2) is 18.2 Å². The molecule has 1 aliphatic rings. The Morgan fingerprint density at radius 3 is 2.52 bits per heavy atom. The Morgan fingerprint density at radius 2 is 2.00 bits per heavy atom. The van der Waals surface area contributed by atoms with Gasteiger partial charge in [-0.15, -0.1) is 0 Å². The van der Waals surface area contributed by atoms with E-state index in [0.29, 0.717) is 23.0 Å². The first-order valence-corrected chi connectivity index (χ1v) is 7.15. The molecule has 0 bridgehead atoms. The quantitative estimate of drug-likeness (QED) is 0.786. The topological polar surface area (TPSA) is 40.6 Å². The zero-order chi connectivity index (χ0) is 14.9. The molecule has 116 valence electrons. The minimum Gasteiger partial charge on any atom is -0.322 e. The summed E-state index contributed by atoms with van der Waals surface area (Å²) < 4.78 is 0. The van der Waals surface area contributed by atoms with Crippen molar-refractivity contribution in [1.82, 2.24) is 4.90 Å². The molecular formula is C16H23ClN2O2. The van der Waals surface area contributed by atoms with Crippen LogP contribution in [0.1, 0.15) is 38.6 Å². The lowest BCUT2D eigenvalue weighted by atomic mass is 10.1. The first-order chi connectivity index (χ1) is 9.40. The Morgan fingerprint density at radius 1 is 1.33 bits per heavy atom. The molecule has 4 nitrogen and oxygen atoms in total. The van der Waals surface area contributed by atoms with Gasteiger partial charge >= 0.3 is 6.03 Å². The molecule has 0 aromatic heterocycles. The lowest BCUT2D eigenvalue weighted by Crippen LogP contribution is -2.34. The summed E-state index contributed by atoms with van der Waals surface area (Å²) in [7, 11) is 0. The molecule has 1 aromatic carbocycles. The van der Waals surface area contributed by atoms with Crippen LogP contribution in [0, 0.1) is 5.92 Å². The summed E-state index contributed by atoms with van der Waals surface area (Å²) in [4.78, 5) is 27.2. The van der Waals surface area contributed by atoms with E-state index in [9.17, 15) is 9.59 Å². The van der Waals surface area contributed by atoms with E-state index in [2.05, 4.69) is 13.8 Å². The summed E-state index contributed by atoms with van der Waals surface area (Å²) in [5.74, 6) is 0.373. The predicted molar refractivity (Wildman–Crippen MR) is 87.3 cm³/mol. The maximum absolute atomic E-state index is 12.3. The van der Waals surface area contributed by atoms with E-state index in [1.54, 1.807) is 23.1 Å². The van der Waals surface area contributed by atoms with Crippen molar-refractivity contribution in [3.05, 3.63) is 28.8 Å². The molecule has 1 heterocycles. The number of hydrogen-bond acceptors (Lipinski definition) is 2. The van der Waals surface area contributed by atoms with Crippen LogP contribution in [0.5, 0.6) is 0 Å². The Balaban J connectivity index is 0.00000220. The zero-order valence-electron chi connectivity index (χ0n) is 12.0. The van der Waals surface area contributed by atoms with E-state index >= 15 is 0 Å². The molecule has 21 heavy (non-hydrogen) atoms. The first-order valence-electron chi connectivity index (χ1n) is 6.77. The predicted octanol–water partition coefficient (Wildman–Crippen LogP) is 4.08. The smallest absolute Gasteiger partial charge is 0.322 e. The molecule has 1 fully saturated rings. The molecule has 0 saturated carbocycles. The standard InChI is InChI=1S/C15H19ClN2O2.CH4/c1-10(2)9-17-6-7-18(15(17)20)12-4-5-13(11(3)19)14(16)8-12;/h4-5,8,10H,6-7,9H2,1-3H3;1H4. The molecule has 2 rings (SSSR count). The van der Waals surface area contributed by atoms with Crippen molar-refractivity contribution < 1.29 is 9.59 Å². The maximum atomic E-state index is 12.3. The van der Waals surface area contributed by atoms with Gasteiger partial charge in [0.1, 0.15) is 0 Å². The molecule has 0 radical (unpaired) electrons. The summed E-state index contributed by atoms with van der Waals surface area (Å²) in [6, 6.07) is 5.15. The second-order valence-corrected chi connectivity index (χ2v) is 5.90. The number of Topliss-reactive ketones (excluding diaryl/α,β-unsaturated/α-hetero) is 1. The molecular weight excluding hydrogens is 288 g/mol. The fourth-order valence-corrected chi connectivity index (χ4v) is 2.70. The van der Waals surface area contributed by atoms with E-state index in [-0.39, 0.29) is 19.2 Å². The Bertz CT molecular complexity index is 543. The first kappa shape index (κ1) is 17.5. The van der Waals surface area contributed by atoms with Gasteiger partial charge in [0.25, 0.3) is 0 Å². The van der Waals surface area contributed by atoms with Crippen molar-refractivity contribution in [2.75, 3.05) is 24.5 Å². The largest absolute Gasteiger partial charge is 0.324 e. The van der Waals surface area contributed by atoms with Gasteiger partial charge in [-0.05, 0) is 31.0 Å². The molecule has 0 unspecified atom stereocenters. The Kier molecular flexibility index (Phi) is 5.78. The van der Waals surface area contributed by atoms with Gasteiger partial charge in [-0.2, -0.15) is 0 Å². The SMILES string of the molecule is C.CC(=O)c1ccc(N2CCN(CC(C)C)C2=O)cc1Cl. The third kappa shape index (κ3) is 3.76. The van der Waals surface area contributed by atoms with Gasteiger partial charge in [0.05, 0.1) is 5.02 Å². The van der Waals surface area contributed by atoms with Crippen LogP contribution < -0.4 is 4.90 Å². The number of carbonyl (C=O) groups is 2. The number of benzene rings is 1. The van der Waals surface area contributed by atoms with Gasteiger partial charge in [0.2, 0.25) is 0 Å². The maximum Gasteiger partial charge on any atom is 0.324 e. The molecule has 1 aliphatic heterocycles. The number of hydrogen-bond donors (Lipinski definition) is 0. The minimum atomic E-state index is -0.0734. The fourth-order valence-electron chi connectivity index (χ4n) is 2.39. The van der Waals surface area contributed by atoms with Gasteiger partial charge in [-0.25, -0.2) is 4.79 Å². The van der Waals surface area contributed by atoms with Gasteiger partial charge in [0, 0.05) is 30.9 Å². The second kappa shape index (κ2) is 6.94. The Labute approximate surface area is 131 Å². The number of ketones is 1. The highest BCUT2D eigenvalue weighted by Crippen LogP contribution is 2.27. The molecule has 0 aliphatic carbocycles. The van der Waals surface area contributed by atoms with Crippen molar-refractivity contribution >= 4 is 29.1 Å². The number of anilines is 1. The van der Waals surface area contributed by atoms with Crippen LogP contribution in [0.4, 0.5) is 10.5 Å². The van der Waals surface area contributed by atoms with Crippen molar-refractivity contribution in [3.63, 3.8) is 0 Å².